The molecule has 9 nitrogen and oxygen atoms in total. The van der Waals surface area contributed by atoms with Crippen LogP contribution in [0.4, 0.5) is 5.69 Å². The van der Waals surface area contributed by atoms with Crippen molar-refractivity contribution in [2.24, 2.45) is 26.6 Å². The Hall–Kier alpha value is -2.33. The second-order valence-electron chi connectivity index (χ2n) is 6.20. The van der Waals surface area contributed by atoms with Crippen molar-refractivity contribution < 1.29 is 13.2 Å². The van der Waals surface area contributed by atoms with Gasteiger partial charge in [0.2, 0.25) is 21.9 Å². The van der Waals surface area contributed by atoms with Crippen LogP contribution in [0.25, 0.3) is 0 Å². The van der Waals surface area contributed by atoms with Crippen LogP contribution in [0, 0.1) is 0 Å². The molecule has 1 heterocycles. The monoisotopic (exact) mass is 366 g/mol. The van der Waals surface area contributed by atoms with E-state index in [0.29, 0.717) is 5.69 Å². The first-order valence-corrected chi connectivity index (χ1v) is 9.52. The van der Waals surface area contributed by atoms with E-state index in [4.69, 9.17) is 21.3 Å². The standard InChI is InChI=1S/C15H22N6O3S/c1-24-11-6-5-10(9-12(11)25(18,22)23)21-14(17)19-13(16)20-15(21)7-3-2-4-8-15/h5-6,9H,2-4,7-8H2,1H3,(H2,18,22,23)(H4,16,17,19,20). The Morgan fingerprint density at radius 2 is 1.88 bits per heavy atom. The highest BCUT2D eigenvalue weighted by Crippen LogP contribution is 2.40. The summed E-state index contributed by atoms with van der Waals surface area (Å²) in [6, 6.07) is 4.69. The summed E-state index contributed by atoms with van der Waals surface area (Å²) in [7, 11) is -2.59. The van der Waals surface area contributed by atoms with E-state index in [1.807, 2.05) is 0 Å². The molecule has 2 aliphatic rings. The molecule has 1 saturated carbocycles. The van der Waals surface area contributed by atoms with Gasteiger partial charge in [0, 0.05) is 5.69 Å². The Balaban J connectivity index is 2.15. The molecular weight excluding hydrogens is 344 g/mol. The van der Waals surface area contributed by atoms with Crippen molar-refractivity contribution >= 4 is 27.6 Å². The van der Waals surface area contributed by atoms with Crippen LogP contribution >= 0.6 is 0 Å². The highest BCUT2D eigenvalue weighted by Gasteiger charge is 2.42. The number of guanidine groups is 2. The number of aliphatic imine (C=N–C) groups is 2. The van der Waals surface area contributed by atoms with Crippen molar-refractivity contribution in [2.45, 2.75) is 42.7 Å². The minimum atomic E-state index is -3.97. The van der Waals surface area contributed by atoms with Crippen molar-refractivity contribution in [3.8, 4) is 5.75 Å². The van der Waals surface area contributed by atoms with Gasteiger partial charge in [0.1, 0.15) is 16.3 Å². The second kappa shape index (κ2) is 6.19. The predicted octanol–water partition coefficient (Wildman–Crippen LogP) is 0.452. The molecule has 1 aliphatic carbocycles. The Morgan fingerprint density at radius 3 is 2.48 bits per heavy atom. The Bertz CT molecular complexity index is 843. The van der Waals surface area contributed by atoms with Gasteiger partial charge in [-0.25, -0.2) is 18.5 Å². The summed E-state index contributed by atoms with van der Waals surface area (Å²) in [5.41, 5.74) is 11.9. The molecule has 0 atom stereocenters. The number of benzene rings is 1. The van der Waals surface area contributed by atoms with Gasteiger partial charge in [-0.15, -0.1) is 0 Å². The summed E-state index contributed by atoms with van der Waals surface area (Å²) < 4.78 is 28.9. The first-order chi connectivity index (χ1) is 11.8. The number of primary sulfonamides is 1. The summed E-state index contributed by atoms with van der Waals surface area (Å²) in [5, 5.41) is 5.32. The van der Waals surface area contributed by atoms with Crippen LogP contribution in [0.15, 0.2) is 33.1 Å². The Labute approximate surface area is 146 Å². The lowest BCUT2D eigenvalue weighted by Gasteiger charge is -2.45. The zero-order valence-corrected chi connectivity index (χ0v) is 14.8. The number of methoxy groups -OCH3 is 1. The topological polar surface area (TPSA) is 149 Å². The maximum atomic E-state index is 11.9. The van der Waals surface area contributed by atoms with Gasteiger partial charge in [0.05, 0.1) is 7.11 Å². The SMILES string of the molecule is COc1ccc(N2C(N)=NC(N)=NC23CCCCC3)cc1S(N)(=O)=O. The van der Waals surface area contributed by atoms with Crippen LogP contribution in [-0.2, 0) is 10.0 Å². The fourth-order valence-electron chi connectivity index (χ4n) is 3.52. The van der Waals surface area contributed by atoms with Crippen LogP contribution < -0.4 is 26.2 Å². The molecule has 0 amide bonds. The molecule has 1 aliphatic heterocycles. The summed E-state index contributed by atoms with van der Waals surface area (Å²) in [6.45, 7) is 0. The molecule has 25 heavy (non-hydrogen) atoms. The molecule has 136 valence electrons. The number of anilines is 1. The van der Waals surface area contributed by atoms with E-state index >= 15 is 0 Å². The number of hydrogen-bond acceptors (Lipinski definition) is 8. The summed E-state index contributed by atoms with van der Waals surface area (Å²) in [5.74, 6) is 0.482. The molecule has 0 saturated heterocycles. The molecule has 1 spiro atoms. The minimum Gasteiger partial charge on any atom is -0.495 e. The first kappa shape index (κ1) is 17.5. The quantitative estimate of drug-likeness (QED) is 0.707. The van der Waals surface area contributed by atoms with Crippen molar-refractivity contribution in [2.75, 3.05) is 12.0 Å². The minimum absolute atomic E-state index is 0.117. The zero-order valence-electron chi connectivity index (χ0n) is 14.0. The van der Waals surface area contributed by atoms with E-state index in [2.05, 4.69) is 9.98 Å². The molecule has 0 bridgehead atoms. The predicted molar refractivity (Wildman–Crippen MR) is 95.9 cm³/mol. The van der Waals surface area contributed by atoms with Gasteiger partial charge >= 0.3 is 0 Å². The number of sulfonamides is 1. The van der Waals surface area contributed by atoms with Crippen LogP contribution in [0.3, 0.4) is 0 Å². The fraction of sp³-hybridized carbons (Fsp3) is 0.467. The van der Waals surface area contributed by atoms with Crippen LogP contribution in [-0.4, -0.2) is 33.1 Å². The lowest BCUT2D eigenvalue weighted by atomic mass is 9.87. The van der Waals surface area contributed by atoms with E-state index in [1.54, 1.807) is 17.0 Å². The molecule has 3 rings (SSSR count). The number of hydrogen-bond donors (Lipinski definition) is 3. The lowest BCUT2D eigenvalue weighted by molar-refractivity contribution is 0.305. The van der Waals surface area contributed by atoms with Gasteiger partial charge in [-0.1, -0.05) is 6.42 Å². The fourth-order valence-corrected chi connectivity index (χ4v) is 4.24. The van der Waals surface area contributed by atoms with E-state index in [0.717, 1.165) is 32.1 Å². The van der Waals surface area contributed by atoms with Gasteiger partial charge in [-0.3, -0.25) is 4.90 Å². The molecule has 6 N–H and O–H groups in total. The van der Waals surface area contributed by atoms with Crippen molar-refractivity contribution in [1.82, 2.24) is 0 Å². The second-order valence-corrected chi connectivity index (χ2v) is 7.73. The number of ether oxygens (including phenoxy) is 1. The zero-order chi connectivity index (χ0) is 18.2. The third kappa shape index (κ3) is 3.14. The maximum absolute atomic E-state index is 11.9. The normalized spacial score (nSPS) is 20.2. The van der Waals surface area contributed by atoms with Gasteiger partial charge in [-0.05, 0) is 43.9 Å². The molecule has 1 aromatic rings. The summed E-state index contributed by atoms with van der Waals surface area (Å²) in [4.78, 5) is 10.2. The third-order valence-corrected chi connectivity index (χ3v) is 5.50. The number of rotatable bonds is 3. The van der Waals surface area contributed by atoms with Gasteiger partial charge in [0.15, 0.2) is 0 Å². The van der Waals surface area contributed by atoms with Crippen molar-refractivity contribution in [3.63, 3.8) is 0 Å². The van der Waals surface area contributed by atoms with Gasteiger partial charge in [-0.2, -0.15) is 4.99 Å². The van der Waals surface area contributed by atoms with Crippen LogP contribution in [0.2, 0.25) is 0 Å². The van der Waals surface area contributed by atoms with E-state index in [9.17, 15) is 8.42 Å². The molecule has 10 heteroatoms. The highest BCUT2D eigenvalue weighted by atomic mass is 32.2. The third-order valence-electron chi connectivity index (χ3n) is 4.56. The molecular formula is C15H22N6O3S. The Morgan fingerprint density at radius 1 is 1.20 bits per heavy atom. The highest BCUT2D eigenvalue weighted by molar-refractivity contribution is 7.89. The van der Waals surface area contributed by atoms with Gasteiger partial charge in [0.25, 0.3) is 0 Å². The van der Waals surface area contributed by atoms with E-state index < -0.39 is 15.7 Å². The average molecular weight is 366 g/mol. The van der Waals surface area contributed by atoms with Crippen molar-refractivity contribution in [1.29, 1.82) is 0 Å². The average Bonchev–Trinajstić information content (AvgIpc) is 2.53. The van der Waals surface area contributed by atoms with E-state index in [1.165, 1.54) is 13.2 Å². The molecule has 1 aromatic carbocycles. The molecule has 0 radical (unpaired) electrons. The van der Waals surface area contributed by atoms with Crippen molar-refractivity contribution in [3.05, 3.63) is 18.2 Å². The van der Waals surface area contributed by atoms with Crippen LogP contribution in [0.1, 0.15) is 32.1 Å². The van der Waals surface area contributed by atoms with Crippen LogP contribution in [0.5, 0.6) is 5.75 Å². The first-order valence-electron chi connectivity index (χ1n) is 7.97. The lowest BCUT2D eigenvalue weighted by Crippen LogP contribution is -2.58. The number of nitrogens with zero attached hydrogens (tertiary/aromatic N) is 3. The molecule has 0 aromatic heterocycles. The smallest absolute Gasteiger partial charge is 0.241 e. The van der Waals surface area contributed by atoms with Gasteiger partial charge < -0.3 is 16.2 Å². The summed E-state index contributed by atoms with van der Waals surface area (Å²) >= 11 is 0. The number of nitrogens with two attached hydrogens (primary N) is 3. The maximum Gasteiger partial charge on any atom is 0.241 e. The molecule has 1 fully saturated rings. The summed E-state index contributed by atoms with van der Waals surface area (Å²) in [6.07, 6.45) is 4.55. The largest absolute Gasteiger partial charge is 0.495 e. The molecule has 0 unspecified atom stereocenters. The Kier molecular flexibility index (Phi) is 4.33. The van der Waals surface area contributed by atoms with E-state index in [-0.39, 0.29) is 22.6 Å².